The quantitative estimate of drug-likeness (QED) is 0.824. The highest BCUT2D eigenvalue weighted by Gasteiger charge is 2.38. The van der Waals surface area contributed by atoms with E-state index >= 15 is 0 Å². The van der Waals surface area contributed by atoms with E-state index in [1.165, 1.54) is 0 Å². The maximum absolute atomic E-state index is 12.5. The normalized spacial score (nSPS) is 27.9. The topological polar surface area (TPSA) is 60.9 Å². The fourth-order valence-corrected chi connectivity index (χ4v) is 3.49. The van der Waals surface area contributed by atoms with Gasteiger partial charge in [0.2, 0.25) is 11.8 Å². The van der Waals surface area contributed by atoms with E-state index in [9.17, 15) is 14.7 Å². The molecule has 1 N–H and O–H groups in total. The van der Waals surface area contributed by atoms with Crippen LogP contribution in [0, 0.1) is 11.8 Å². The molecule has 0 spiro atoms. The van der Waals surface area contributed by atoms with Crippen LogP contribution in [0.15, 0.2) is 0 Å². The second kappa shape index (κ2) is 5.72. The standard InChI is InChI=1S/C15H24N2O3/c18-10-13-2-1-7-17(13)15(20)12-5-8-16(9-6-12)14(19)11-3-4-11/h11-13,18H,1-10H2/t13-/m1/s1. The van der Waals surface area contributed by atoms with Gasteiger partial charge in [-0.2, -0.15) is 0 Å². The first kappa shape index (κ1) is 13.9. The summed E-state index contributed by atoms with van der Waals surface area (Å²) in [6.45, 7) is 2.31. The summed E-state index contributed by atoms with van der Waals surface area (Å²) < 4.78 is 0. The Kier molecular flexibility index (Phi) is 3.96. The lowest BCUT2D eigenvalue weighted by Gasteiger charge is -2.34. The van der Waals surface area contributed by atoms with E-state index in [0.29, 0.717) is 5.91 Å². The van der Waals surface area contributed by atoms with Crippen LogP contribution in [0.1, 0.15) is 38.5 Å². The first-order valence-corrected chi connectivity index (χ1v) is 7.91. The Morgan fingerprint density at radius 2 is 1.55 bits per heavy atom. The number of hydrogen-bond acceptors (Lipinski definition) is 3. The smallest absolute Gasteiger partial charge is 0.226 e. The lowest BCUT2D eigenvalue weighted by atomic mass is 9.94. The number of aliphatic hydroxyl groups excluding tert-OH is 1. The number of likely N-dealkylation sites (tertiary alicyclic amines) is 2. The van der Waals surface area contributed by atoms with Crippen LogP contribution in [0.3, 0.4) is 0 Å². The summed E-state index contributed by atoms with van der Waals surface area (Å²) in [6, 6.07) is 0.0219. The fourth-order valence-electron chi connectivity index (χ4n) is 3.49. The van der Waals surface area contributed by atoms with E-state index in [0.717, 1.165) is 58.2 Å². The van der Waals surface area contributed by atoms with Crippen LogP contribution >= 0.6 is 0 Å². The summed E-state index contributed by atoms with van der Waals surface area (Å²) in [4.78, 5) is 28.3. The van der Waals surface area contributed by atoms with Crippen molar-refractivity contribution < 1.29 is 14.7 Å². The first-order valence-electron chi connectivity index (χ1n) is 7.91. The Balaban J connectivity index is 1.52. The second-order valence-electron chi connectivity index (χ2n) is 6.38. The molecule has 3 aliphatic rings. The Hall–Kier alpha value is -1.10. The van der Waals surface area contributed by atoms with Gasteiger partial charge in [-0.25, -0.2) is 0 Å². The second-order valence-corrected chi connectivity index (χ2v) is 6.38. The predicted molar refractivity (Wildman–Crippen MR) is 73.8 cm³/mol. The van der Waals surface area contributed by atoms with E-state index in [1.807, 2.05) is 9.80 Å². The van der Waals surface area contributed by atoms with E-state index in [-0.39, 0.29) is 30.4 Å². The van der Waals surface area contributed by atoms with Crippen molar-refractivity contribution in [2.75, 3.05) is 26.2 Å². The highest BCUT2D eigenvalue weighted by atomic mass is 16.3. The molecule has 0 aromatic carbocycles. The molecule has 1 aliphatic carbocycles. The van der Waals surface area contributed by atoms with Gasteiger partial charge in [0.25, 0.3) is 0 Å². The Morgan fingerprint density at radius 3 is 2.15 bits per heavy atom. The number of aliphatic hydroxyl groups is 1. The number of piperidine rings is 1. The van der Waals surface area contributed by atoms with Gasteiger partial charge in [0.15, 0.2) is 0 Å². The minimum atomic E-state index is 0.0219. The largest absolute Gasteiger partial charge is 0.394 e. The molecule has 0 aromatic heterocycles. The lowest BCUT2D eigenvalue weighted by molar-refractivity contribution is -0.142. The average molecular weight is 280 g/mol. The molecule has 0 radical (unpaired) electrons. The number of hydrogen-bond donors (Lipinski definition) is 1. The third-order valence-corrected chi connectivity index (χ3v) is 4.95. The summed E-state index contributed by atoms with van der Waals surface area (Å²) in [6.07, 6.45) is 5.57. The zero-order chi connectivity index (χ0) is 14.1. The molecule has 2 aliphatic heterocycles. The molecule has 2 saturated heterocycles. The van der Waals surface area contributed by atoms with Gasteiger partial charge in [-0.05, 0) is 38.5 Å². The third-order valence-electron chi connectivity index (χ3n) is 4.95. The van der Waals surface area contributed by atoms with Crippen LogP contribution in [-0.2, 0) is 9.59 Å². The predicted octanol–water partition coefficient (Wildman–Crippen LogP) is 0.618. The van der Waals surface area contributed by atoms with Gasteiger partial charge in [-0.1, -0.05) is 0 Å². The van der Waals surface area contributed by atoms with Crippen molar-refractivity contribution in [3.05, 3.63) is 0 Å². The minimum Gasteiger partial charge on any atom is -0.394 e. The molecule has 0 aromatic rings. The number of amides is 2. The molecule has 1 saturated carbocycles. The molecule has 20 heavy (non-hydrogen) atoms. The van der Waals surface area contributed by atoms with Gasteiger partial charge in [-0.3, -0.25) is 9.59 Å². The van der Waals surface area contributed by atoms with Crippen molar-refractivity contribution in [2.45, 2.75) is 44.6 Å². The first-order chi connectivity index (χ1) is 9.70. The molecule has 5 nitrogen and oxygen atoms in total. The summed E-state index contributed by atoms with van der Waals surface area (Å²) in [5.74, 6) is 0.815. The van der Waals surface area contributed by atoms with Crippen molar-refractivity contribution in [3.8, 4) is 0 Å². The zero-order valence-corrected chi connectivity index (χ0v) is 12.0. The molecule has 0 unspecified atom stereocenters. The minimum absolute atomic E-state index is 0.0219. The van der Waals surface area contributed by atoms with Gasteiger partial charge < -0.3 is 14.9 Å². The van der Waals surface area contributed by atoms with Gasteiger partial charge in [-0.15, -0.1) is 0 Å². The molecular formula is C15H24N2O3. The van der Waals surface area contributed by atoms with E-state index in [2.05, 4.69) is 0 Å². The summed E-state index contributed by atoms with van der Waals surface area (Å²) in [7, 11) is 0. The maximum atomic E-state index is 12.5. The van der Waals surface area contributed by atoms with Crippen molar-refractivity contribution in [1.29, 1.82) is 0 Å². The zero-order valence-electron chi connectivity index (χ0n) is 12.0. The highest BCUT2D eigenvalue weighted by molar-refractivity contribution is 5.82. The van der Waals surface area contributed by atoms with Crippen molar-refractivity contribution in [3.63, 3.8) is 0 Å². The Bertz CT molecular complexity index is 387. The highest BCUT2D eigenvalue weighted by Crippen LogP contribution is 2.33. The van der Waals surface area contributed by atoms with Crippen molar-refractivity contribution in [1.82, 2.24) is 9.80 Å². The third kappa shape index (κ3) is 2.68. The van der Waals surface area contributed by atoms with E-state index in [4.69, 9.17) is 0 Å². The molecular weight excluding hydrogens is 256 g/mol. The maximum Gasteiger partial charge on any atom is 0.226 e. The van der Waals surface area contributed by atoms with Gasteiger partial charge in [0.05, 0.1) is 12.6 Å². The monoisotopic (exact) mass is 280 g/mol. The van der Waals surface area contributed by atoms with Gasteiger partial charge >= 0.3 is 0 Å². The average Bonchev–Trinajstić information content (AvgIpc) is 3.23. The van der Waals surface area contributed by atoms with Crippen LogP contribution in [-0.4, -0.2) is 59.0 Å². The van der Waals surface area contributed by atoms with Crippen molar-refractivity contribution in [2.24, 2.45) is 11.8 Å². The number of carbonyl (C=O) groups is 2. The molecule has 3 fully saturated rings. The summed E-state index contributed by atoms with van der Waals surface area (Å²) >= 11 is 0. The van der Waals surface area contributed by atoms with Crippen LogP contribution in [0.4, 0.5) is 0 Å². The lowest BCUT2D eigenvalue weighted by Crippen LogP contribution is -2.46. The van der Waals surface area contributed by atoms with Gasteiger partial charge in [0.1, 0.15) is 0 Å². The van der Waals surface area contributed by atoms with E-state index < -0.39 is 0 Å². The Morgan fingerprint density at radius 1 is 0.900 bits per heavy atom. The van der Waals surface area contributed by atoms with Gasteiger partial charge in [0, 0.05) is 31.5 Å². The molecule has 3 rings (SSSR count). The molecule has 112 valence electrons. The molecule has 5 heteroatoms. The SMILES string of the molecule is O=C(C1CC1)N1CCC(C(=O)N2CCC[C@@H]2CO)CC1. The van der Waals surface area contributed by atoms with E-state index in [1.54, 1.807) is 0 Å². The van der Waals surface area contributed by atoms with Crippen LogP contribution in [0.5, 0.6) is 0 Å². The number of carbonyl (C=O) groups excluding carboxylic acids is 2. The van der Waals surface area contributed by atoms with Crippen LogP contribution < -0.4 is 0 Å². The summed E-state index contributed by atoms with van der Waals surface area (Å²) in [5.41, 5.74) is 0. The van der Waals surface area contributed by atoms with Crippen LogP contribution in [0.25, 0.3) is 0 Å². The Labute approximate surface area is 119 Å². The van der Waals surface area contributed by atoms with Crippen LogP contribution in [0.2, 0.25) is 0 Å². The number of nitrogens with zero attached hydrogens (tertiary/aromatic N) is 2. The molecule has 2 heterocycles. The molecule has 1 atom stereocenters. The number of rotatable bonds is 3. The fraction of sp³-hybridized carbons (Fsp3) is 0.867. The molecule has 2 amide bonds. The summed E-state index contributed by atoms with van der Waals surface area (Å²) in [5, 5.41) is 9.32. The van der Waals surface area contributed by atoms with Crippen molar-refractivity contribution >= 4 is 11.8 Å². The molecule has 0 bridgehead atoms.